The van der Waals surface area contributed by atoms with Crippen LogP contribution in [0.15, 0.2) is 48.7 Å². The highest BCUT2D eigenvalue weighted by Crippen LogP contribution is 2.25. The third-order valence-electron chi connectivity index (χ3n) is 4.96. The molecule has 0 spiro atoms. The van der Waals surface area contributed by atoms with E-state index < -0.39 is 36.7 Å². The Morgan fingerprint density at radius 3 is 2.48 bits per heavy atom. The minimum Gasteiger partial charge on any atom is -0.479 e. The molecular formula is C21H27N3O7. The maximum atomic E-state index is 11.2. The van der Waals surface area contributed by atoms with Crippen molar-refractivity contribution >= 4 is 11.8 Å². The van der Waals surface area contributed by atoms with E-state index in [1.165, 1.54) is 6.20 Å². The van der Waals surface area contributed by atoms with Gasteiger partial charge in [0.15, 0.2) is 6.10 Å². The van der Waals surface area contributed by atoms with Gasteiger partial charge in [-0.25, -0.2) is 9.78 Å². The summed E-state index contributed by atoms with van der Waals surface area (Å²) in [5.74, 6) is -0.550. The number of carboxylic acid groups (broad SMARTS) is 1. The highest BCUT2D eigenvalue weighted by Gasteiger charge is 2.48. The van der Waals surface area contributed by atoms with E-state index in [0.29, 0.717) is 18.9 Å². The molecule has 10 nitrogen and oxygen atoms in total. The number of rotatable bonds is 9. The summed E-state index contributed by atoms with van der Waals surface area (Å²) in [5, 5.41) is 42.0. The Morgan fingerprint density at radius 2 is 1.87 bits per heavy atom. The normalized spacial score (nSPS) is 25.7. The Labute approximate surface area is 179 Å². The van der Waals surface area contributed by atoms with Gasteiger partial charge in [-0.2, -0.15) is 0 Å². The van der Waals surface area contributed by atoms with Gasteiger partial charge in [-0.1, -0.05) is 30.3 Å². The lowest BCUT2D eigenvalue weighted by atomic mass is 9.99. The van der Waals surface area contributed by atoms with Gasteiger partial charge in [-0.05, 0) is 24.7 Å². The minimum absolute atomic E-state index is 0.216. The minimum atomic E-state index is -1.77. The van der Waals surface area contributed by atoms with Gasteiger partial charge in [-0.3, -0.25) is 0 Å². The van der Waals surface area contributed by atoms with Crippen molar-refractivity contribution in [1.82, 2.24) is 10.3 Å². The van der Waals surface area contributed by atoms with Crippen LogP contribution in [0.5, 0.6) is 5.75 Å². The molecule has 10 heteroatoms. The average molecular weight is 433 g/mol. The van der Waals surface area contributed by atoms with E-state index in [1.54, 1.807) is 12.1 Å². The molecule has 0 amide bonds. The molecule has 2 heterocycles. The second-order valence-corrected chi connectivity index (χ2v) is 7.22. The molecule has 1 aromatic heterocycles. The van der Waals surface area contributed by atoms with Crippen LogP contribution in [0.1, 0.15) is 5.56 Å². The van der Waals surface area contributed by atoms with Crippen molar-refractivity contribution < 1.29 is 34.7 Å². The van der Waals surface area contributed by atoms with Crippen molar-refractivity contribution in [1.29, 1.82) is 0 Å². The zero-order valence-electron chi connectivity index (χ0n) is 17.0. The van der Waals surface area contributed by atoms with Crippen molar-refractivity contribution in [2.45, 2.75) is 37.3 Å². The van der Waals surface area contributed by atoms with Crippen molar-refractivity contribution in [2.24, 2.45) is 0 Å². The summed E-state index contributed by atoms with van der Waals surface area (Å²) in [5.41, 5.74) is 1.13. The lowest BCUT2D eigenvalue weighted by Gasteiger charge is -2.38. The van der Waals surface area contributed by atoms with Crippen LogP contribution in [0.3, 0.4) is 0 Å². The topological polar surface area (TPSA) is 145 Å². The first-order chi connectivity index (χ1) is 14.9. The van der Waals surface area contributed by atoms with Crippen molar-refractivity contribution in [3.8, 4) is 5.75 Å². The fraction of sp³-hybridized carbons (Fsp3) is 0.429. The van der Waals surface area contributed by atoms with Crippen LogP contribution >= 0.6 is 0 Å². The molecule has 31 heavy (non-hydrogen) atoms. The number of hydrogen-bond acceptors (Lipinski definition) is 9. The maximum Gasteiger partial charge on any atom is 0.335 e. The van der Waals surface area contributed by atoms with Gasteiger partial charge in [0.05, 0.1) is 6.20 Å². The number of ether oxygens (including phenoxy) is 2. The molecule has 1 fully saturated rings. The number of aliphatic hydroxyl groups excluding tert-OH is 3. The number of hydrogen-bond donors (Lipinski definition) is 5. The molecule has 5 atom stereocenters. The zero-order chi connectivity index (χ0) is 22.4. The first-order valence-corrected chi connectivity index (χ1v) is 9.89. The lowest BCUT2D eigenvalue weighted by Crippen LogP contribution is -2.61. The number of likely N-dealkylation sites (N-methyl/N-ethyl adjacent to an activating group) is 1. The number of aliphatic hydroxyl groups is 3. The molecule has 0 saturated carbocycles. The smallest absolute Gasteiger partial charge is 0.335 e. The van der Waals surface area contributed by atoms with E-state index >= 15 is 0 Å². The third kappa shape index (κ3) is 5.69. The van der Waals surface area contributed by atoms with Crippen LogP contribution in [-0.2, 0) is 16.1 Å². The largest absolute Gasteiger partial charge is 0.479 e. The number of pyridine rings is 1. The van der Waals surface area contributed by atoms with E-state index in [-0.39, 0.29) is 5.75 Å². The number of aromatic nitrogens is 1. The van der Waals surface area contributed by atoms with Gasteiger partial charge in [0.25, 0.3) is 0 Å². The summed E-state index contributed by atoms with van der Waals surface area (Å²) in [6.45, 7) is 2.13. The Morgan fingerprint density at radius 1 is 1.13 bits per heavy atom. The molecule has 0 radical (unpaired) electrons. The molecule has 0 unspecified atom stereocenters. The number of anilines is 1. The average Bonchev–Trinajstić information content (AvgIpc) is 2.78. The van der Waals surface area contributed by atoms with Crippen LogP contribution in [0, 0.1) is 0 Å². The van der Waals surface area contributed by atoms with E-state index in [2.05, 4.69) is 15.2 Å². The van der Waals surface area contributed by atoms with Crippen LogP contribution in [0.25, 0.3) is 0 Å². The standard InChI is InChI=1S/C21H27N3O7/c1-22-9-10-24(12-13-5-3-2-4-6-13)15-8-7-14(11-23-15)30-21-18(27)16(25)17(26)19(31-21)20(28)29/h2-8,11,16-19,21-22,25-27H,9-10,12H2,1H3,(H,28,29)/t16-,17-,18+,19-,21+/m0/s1. The van der Waals surface area contributed by atoms with Crippen molar-refractivity contribution in [3.05, 3.63) is 54.2 Å². The first kappa shape index (κ1) is 22.9. The molecule has 1 saturated heterocycles. The molecule has 1 aliphatic rings. The molecular weight excluding hydrogens is 406 g/mol. The van der Waals surface area contributed by atoms with Gasteiger partial charge in [0, 0.05) is 19.6 Å². The lowest BCUT2D eigenvalue weighted by molar-refractivity contribution is -0.271. The van der Waals surface area contributed by atoms with Gasteiger partial charge in [0.1, 0.15) is 29.9 Å². The monoisotopic (exact) mass is 433 g/mol. The molecule has 5 N–H and O–H groups in total. The summed E-state index contributed by atoms with van der Waals surface area (Å²) in [6, 6.07) is 13.3. The van der Waals surface area contributed by atoms with Gasteiger partial charge in [-0.15, -0.1) is 0 Å². The molecule has 3 rings (SSSR count). The van der Waals surface area contributed by atoms with Crippen molar-refractivity contribution in [3.63, 3.8) is 0 Å². The summed E-state index contributed by atoms with van der Waals surface area (Å²) in [7, 11) is 1.87. The predicted octanol–water partition coefficient (Wildman–Crippen LogP) is -0.421. The molecule has 1 aliphatic heterocycles. The number of nitrogens with zero attached hydrogens (tertiary/aromatic N) is 2. The molecule has 1 aromatic carbocycles. The molecule has 2 aromatic rings. The van der Waals surface area contributed by atoms with E-state index in [4.69, 9.17) is 14.6 Å². The van der Waals surface area contributed by atoms with Crippen LogP contribution < -0.4 is 15.0 Å². The second kappa shape index (κ2) is 10.5. The zero-order valence-corrected chi connectivity index (χ0v) is 17.0. The van der Waals surface area contributed by atoms with E-state index in [0.717, 1.165) is 12.1 Å². The van der Waals surface area contributed by atoms with E-state index in [1.807, 2.05) is 37.4 Å². The Bertz CT molecular complexity index is 837. The third-order valence-corrected chi connectivity index (χ3v) is 4.96. The maximum absolute atomic E-state index is 11.2. The predicted molar refractivity (Wildman–Crippen MR) is 111 cm³/mol. The quantitative estimate of drug-likeness (QED) is 0.353. The molecule has 168 valence electrons. The van der Waals surface area contributed by atoms with Crippen molar-refractivity contribution in [2.75, 3.05) is 25.0 Å². The summed E-state index contributed by atoms with van der Waals surface area (Å²) < 4.78 is 10.6. The Kier molecular flexibility index (Phi) is 7.77. The highest BCUT2D eigenvalue weighted by molar-refractivity contribution is 5.73. The SMILES string of the molecule is CNCCN(Cc1ccccc1)c1ccc(O[C@@H]2O[C@H](C(=O)O)[C@@H](O)[C@H](O)[C@H]2O)cn1. The number of nitrogens with one attached hydrogen (secondary N) is 1. The molecule has 0 aliphatic carbocycles. The Balaban J connectivity index is 1.71. The summed E-state index contributed by atoms with van der Waals surface area (Å²) in [4.78, 5) is 17.7. The summed E-state index contributed by atoms with van der Waals surface area (Å²) in [6.07, 6.45) is -6.90. The number of carbonyl (C=O) groups is 1. The van der Waals surface area contributed by atoms with E-state index in [9.17, 15) is 20.1 Å². The van der Waals surface area contributed by atoms with Crippen LogP contribution in [-0.4, -0.2) is 82.2 Å². The van der Waals surface area contributed by atoms with Gasteiger partial charge >= 0.3 is 5.97 Å². The number of carboxylic acids is 1. The van der Waals surface area contributed by atoms with Crippen LogP contribution in [0.4, 0.5) is 5.82 Å². The molecule has 0 bridgehead atoms. The fourth-order valence-electron chi connectivity index (χ4n) is 3.24. The highest BCUT2D eigenvalue weighted by atomic mass is 16.7. The number of benzene rings is 1. The Hall–Kier alpha value is -2.76. The first-order valence-electron chi connectivity index (χ1n) is 9.89. The van der Waals surface area contributed by atoms with Gasteiger partial charge in [0.2, 0.25) is 6.29 Å². The fourth-order valence-corrected chi connectivity index (χ4v) is 3.24. The summed E-state index contributed by atoms with van der Waals surface area (Å²) >= 11 is 0. The second-order valence-electron chi connectivity index (χ2n) is 7.22. The van der Waals surface area contributed by atoms with Gasteiger partial charge < -0.3 is 40.1 Å². The number of aliphatic carboxylic acids is 1. The van der Waals surface area contributed by atoms with Crippen LogP contribution in [0.2, 0.25) is 0 Å².